The smallest absolute Gasteiger partial charge is 0.220 e. The zero-order chi connectivity index (χ0) is 14.1. The lowest BCUT2D eigenvalue weighted by atomic mass is 10.1. The van der Waals surface area contributed by atoms with Crippen molar-refractivity contribution in [2.45, 2.75) is 38.6 Å². The number of phenols is 1. The first-order valence-electron chi connectivity index (χ1n) is 6.83. The highest BCUT2D eigenvalue weighted by molar-refractivity contribution is 5.76. The van der Waals surface area contributed by atoms with Crippen LogP contribution in [-0.4, -0.2) is 30.6 Å². The fourth-order valence-corrected chi connectivity index (χ4v) is 1.89. The maximum atomic E-state index is 11.6. The molecule has 0 saturated heterocycles. The van der Waals surface area contributed by atoms with Gasteiger partial charge in [0.1, 0.15) is 5.75 Å². The van der Waals surface area contributed by atoms with Crippen LogP contribution in [0.3, 0.4) is 0 Å². The summed E-state index contributed by atoms with van der Waals surface area (Å²) in [5.74, 6) is 0.406. The van der Waals surface area contributed by atoms with Crippen molar-refractivity contribution in [2.24, 2.45) is 0 Å². The summed E-state index contributed by atoms with van der Waals surface area (Å²) in [5.41, 5.74) is 1.18. The van der Waals surface area contributed by atoms with Gasteiger partial charge >= 0.3 is 0 Å². The van der Waals surface area contributed by atoms with Gasteiger partial charge in [-0.05, 0) is 57.5 Å². The summed E-state index contributed by atoms with van der Waals surface area (Å²) in [5, 5.41) is 15.2. The van der Waals surface area contributed by atoms with Crippen molar-refractivity contribution in [1.29, 1.82) is 0 Å². The topological polar surface area (TPSA) is 61.4 Å². The first-order chi connectivity index (χ1) is 9.11. The van der Waals surface area contributed by atoms with Crippen molar-refractivity contribution < 1.29 is 9.90 Å². The second kappa shape index (κ2) is 8.53. The Balaban J connectivity index is 2.21. The maximum Gasteiger partial charge on any atom is 0.220 e. The summed E-state index contributed by atoms with van der Waals surface area (Å²) in [6.07, 6.45) is 3.25. The molecule has 0 aliphatic carbocycles. The number of rotatable bonds is 8. The molecule has 1 unspecified atom stereocenters. The molecule has 3 N–H and O–H groups in total. The molecule has 1 atom stereocenters. The third kappa shape index (κ3) is 6.82. The van der Waals surface area contributed by atoms with E-state index in [2.05, 4.69) is 10.6 Å². The molecule has 0 aromatic heterocycles. The van der Waals surface area contributed by atoms with Crippen LogP contribution in [0.1, 0.15) is 31.7 Å². The van der Waals surface area contributed by atoms with Gasteiger partial charge < -0.3 is 15.7 Å². The Morgan fingerprint density at radius 1 is 1.32 bits per heavy atom. The number of benzene rings is 1. The molecular weight excluding hydrogens is 240 g/mol. The van der Waals surface area contributed by atoms with Crippen LogP contribution in [0.15, 0.2) is 24.3 Å². The van der Waals surface area contributed by atoms with Crippen LogP contribution in [0.25, 0.3) is 0 Å². The lowest BCUT2D eigenvalue weighted by Gasteiger charge is -2.14. The summed E-state index contributed by atoms with van der Waals surface area (Å²) in [7, 11) is 1.89. The molecule has 1 aromatic carbocycles. The number of amides is 1. The van der Waals surface area contributed by atoms with Crippen LogP contribution in [0.4, 0.5) is 0 Å². The van der Waals surface area contributed by atoms with E-state index in [9.17, 15) is 9.90 Å². The van der Waals surface area contributed by atoms with Crippen LogP contribution in [0, 0.1) is 0 Å². The van der Waals surface area contributed by atoms with E-state index in [1.165, 1.54) is 5.56 Å². The van der Waals surface area contributed by atoms with E-state index in [-0.39, 0.29) is 17.7 Å². The third-order valence-corrected chi connectivity index (χ3v) is 3.04. The van der Waals surface area contributed by atoms with Crippen molar-refractivity contribution in [3.05, 3.63) is 29.8 Å². The highest BCUT2D eigenvalue weighted by atomic mass is 16.3. The number of aryl methyl sites for hydroxylation is 1. The van der Waals surface area contributed by atoms with Crippen molar-refractivity contribution in [3.8, 4) is 5.75 Å². The lowest BCUT2D eigenvalue weighted by molar-refractivity contribution is -0.121. The molecular formula is C15H24N2O2. The van der Waals surface area contributed by atoms with E-state index in [4.69, 9.17) is 0 Å². The van der Waals surface area contributed by atoms with Crippen LogP contribution in [-0.2, 0) is 11.2 Å². The Morgan fingerprint density at radius 3 is 2.63 bits per heavy atom. The molecule has 0 fully saturated rings. The molecule has 4 heteroatoms. The van der Waals surface area contributed by atoms with Crippen molar-refractivity contribution in [2.75, 3.05) is 13.6 Å². The Morgan fingerprint density at radius 2 is 2.00 bits per heavy atom. The Labute approximate surface area is 115 Å². The first-order valence-corrected chi connectivity index (χ1v) is 6.83. The number of aromatic hydroxyl groups is 1. The third-order valence-electron chi connectivity index (χ3n) is 3.04. The van der Waals surface area contributed by atoms with Crippen molar-refractivity contribution in [1.82, 2.24) is 10.6 Å². The largest absolute Gasteiger partial charge is 0.508 e. The summed E-state index contributed by atoms with van der Waals surface area (Å²) >= 11 is 0. The first kappa shape index (κ1) is 15.5. The molecule has 0 heterocycles. The average molecular weight is 264 g/mol. The van der Waals surface area contributed by atoms with E-state index in [1.807, 2.05) is 26.1 Å². The molecule has 0 aliphatic rings. The minimum Gasteiger partial charge on any atom is -0.508 e. The summed E-state index contributed by atoms with van der Waals surface area (Å²) in [4.78, 5) is 11.6. The Hall–Kier alpha value is -1.55. The molecule has 0 spiro atoms. The monoisotopic (exact) mass is 264 g/mol. The summed E-state index contributed by atoms with van der Waals surface area (Å²) in [6.45, 7) is 2.89. The molecule has 0 radical (unpaired) electrons. The quantitative estimate of drug-likeness (QED) is 0.628. The standard InChI is InChI=1S/C15H24N2O2/c1-12(17-15(19)4-3-11-16-2)5-6-13-7-9-14(18)10-8-13/h7-10,12,16,18H,3-6,11H2,1-2H3,(H,17,19). The molecule has 106 valence electrons. The van der Waals surface area contributed by atoms with Gasteiger partial charge in [-0.3, -0.25) is 4.79 Å². The van der Waals surface area contributed by atoms with Gasteiger partial charge in [-0.1, -0.05) is 12.1 Å². The molecule has 1 aromatic rings. The fourth-order valence-electron chi connectivity index (χ4n) is 1.89. The molecule has 0 aliphatic heterocycles. The van der Waals surface area contributed by atoms with Gasteiger partial charge in [0.2, 0.25) is 5.91 Å². The fraction of sp³-hybridized carbons (Fsp3) is 0.533. The van der Waals surface area contributed by atoms with Crippen molar-refractivity contribution in [3.63, 3.8) is 0 Å². The van der Waals surface area contributed by atoms with E-state index in [0.29, 0.717) is 6.42 Å². The molecule has 1 amide bonds. The van der Waals surface area contributed by atoms with E-state index >= 15 is 0 Å². The zero-order valence-electron chi connectivity index (χ0n) is 11.8. The second-order valence-electron chi connectivity index (χ2n) is 4.88. The van der Waals surface area contributed by atoms with Gasteiger partial charge in [-0.15, -0.1) is 0 Å². The number of hydrogen-bond donors (Lipinski definition) is 3. The SMILES string of the molecule is CNCCCC(=O)NC(C)CCc1ccc(O)cc1. The van der Waals surface area contributed by atoms with Crippen molar-refractivity contribution >= 4 is 5.91 Å². The van der Waals surface area contributed by atoms with E-state index < -0.39 is 0 Å². The molecule has 4 nitrogen and oxygen atoms in total. The van der Waals surface area contributed by atoms with E-state index in [1.54, 1.807) is 12.1 Å². The lowest BCUT2D eigenvalue weighted by Crippen LogP contribution is -2.33. The maximum absolute atomic E-state index is 11.6. The zero-order valence-corrected chi connectivity index (χ0v) is 11.8. The highest BCUT2D eigenvalue weighted by Crippen LogP contribution is 2.11. The van der Waals surface area contributed by atoms with Gasteiger partial charge in [0.15, 0.2) is 0 Å². The number of nitrogens with one attached hydrogen (secondary N) is 2. The predicted molar refractivity (Wildman–Crippen MR) is 77.2 cm³/mol. The van der Waals surface area contributed by atoms with Gasteiger partial charge in [-0.25, -0.2) is 0 Å². The van der Waals surface area contributed by atoms with Crippen LogP contribution in [0.5, 0.6) is 5.75 Å². The highest BCUT2D eigenvalue weighted by Gasteiger charge is 2.07. The van der Waals surface area contributed by atoms with Crippen LogP contribution >= 0.6 is 0 Å². The Kier molecular flexibility index (Phi) is 6.97. The molecule has 19 heavy (non-hydrogen) atoms. The number of phenolic OH excluding ortho intramolecular Hbond substituents is 1. The van der Waals surface area contributed by atoms with Gasteiger partial charge in [0, 0.05) is 12.5 Å². The summed E-state index contributed by atoms with van der Waals surface area (Å²) in [6, 6.07) is 7.39. The van der Waals surface area contributed by atoms with Crippen LogP contribution < -0.4 is 10.6 Å². The van der Waals surface area contributed by atoms with Gasteiger partial charge in [0.05, 0.1) is 0 Å². The average Bonchev–Trinajstić information content (AvgIpc) is 2.38. The summed E-state index contributed by atoms with van der Waals surface area (Å²) < 4.78 is 0. The normalized spacial score (nSPS) is 12.1. The molecule has 1 rings (SSSR count). The van der Waals surface area contributed by atoms with Crippen LogP contribution in [0.2, 0.25) is 0 Å². The van der Waals surface area contributed by atoms with Gasteiger partial charge in [-0.2, -0.15) is 0 Å². The molecule has 0 saturated carbocycles. The number of hydrogen-bond acceptors (Lipinski definition) is 3. The number of carbonyl (C=O) groups is 1. The Bertz CT molecular complexity index is 376. The second-order valence-corrected chi connectivity index (χ2v) is 4.88. The number of carbonyl (C=O) groups excluding carboxylic acids is 1. The van der Waals surface area contributed by atoms with E-state index in [0.717, 1.165) is 25.8 Å². The predicted octanol–water partition coefficient (Wildman–Crippen LogP) is 1.83. The van der Waals surface area contributed by atoms with Gasteiger partial charge in [0.25, 0.3) is 0 Å². The minimum absolute atomic E-state index is 0.119. The molecule has 0 bridgehead atoms. The minimum atomic E-state index is 0.119.